The van der Waals surface area contributed by atoms with E-state index in [0.29, 0.717) is 48.7 Å². The number of ether oxygens (including phenoxy) is 2. The van der Waals surface area contributed by atoms with Crippen molar-refractivity contribution in [2.24, 2.45) is 11.8 Å². The highest BCUT2D eigenvalue weighted by molar-refractivity contribution is 5.88. The summed E-state index contributed by atoms with van der Waals surface area (Å²) in [6, 6.07) is 6.93. The second kappa shape index (κ2) is 14.3. The number of anilines is 1. The van der Waals surface area contributed by atoms with Gasteiger partial charge in [0, 0.05) is 25.6 Å². The maximum absolute atomic E-state index is 13.6. The summed E-state index contributed by atoms with van der Waals surface area (Å²) in [5, 5.41) is 16.4. The summed E-state index contributed by atoms with van der Waals surface area (Å²) in [4.78, 5) is 34.7. The second-order valence-electron chi connectivity index (χ2n) is 13.4. The van der Waals surface area contributed by atoms with E-state index in [1.54, 1.807) is 25.7 Å². The number of rotatable bonds is 10. The van der Waals surface area contributed by atoms with Crippen LogP contribution in [-0.2, 0) is 9.53 Å². The number of nitrogens with zero attached hydrogens (tertiary/aromatic N) is 5. The molecule has 2 amide bonds. The first-order valence-corrected chi connectivity index (χ1v) is 15.9. The van der Waals surface area contributed by atoms with Gasteiger partial charge in [0.05, 0.1) is 12.7 Å². The number of benzene rings is 1. The Morgan fingerprint density at radius 3 is 2.50 bits per heavy atom. The van der Waals surface area contributed by atoms with Crippen LogP contribution >= 0.6 is 0 Å². The summed E-state index contributed by atoms with van der Waals surface area (Å²) in [6.45, 7) is 16.5. The van der Waals surface area contributed by atoms with Gasteiger partial charge in [-0.15, -0.1) is 0 Å². The molecule has 0 radical (unpaired) electrons. The molecular formula is C33H48N6O5. The number of hydrogen-bond donors (Lipinski definition) is 1. The zero-order valence-electron chi connectivity index (χ0n) is 27.3. The maximum Gasteiger partial charge on any atom is 0.408 e. The van der Waals surface area contributed by atoms with Gasteiger partial charge >= 0.3 is 12.1 Å². The molecule has 3 atom stereocenters. The van der Waals surface area contributed by atoms with Crippen molar-refractivity contribution in [2.75, 3.05) is 31.1 Å². The van der Waals surface area contributed by atoms with Crippen molar-refractivity contribution < 1.29 is 23.6 Å². The molecule has 2 aliphatic rings. The van der Waals surface area contributed by atoms with Crippen molar-refractivity contribution in [1.82, 2.24) is 20.4 Å². The van der Waals surface area contributed by atoms with E-state index in [-0.39, 0.29) is 11.8 Å². The predicted molar refractivity (Wildman–Crippen MR) is 166 cm³/mol. The zero-order chi connectivity index (χ0) is 32.0. The molecule has 240 valence electrons. The van der Waals surface area contributed by atoms with E-state index in [1.165, 1.54) is 0 Å². The minimum atomic E-state index is -0.970. The van der Waals surface area contributed by atoms with Crippen molar-refractivity contribution in [3.63, 3.8) is 0 Å². The topological polar surface area (TPSA) is 134 Å². The Bertz CT molecular complexity index is 1320. The molecule has 11 heteroatoms. The summed E-state index contributed by atoms with van der Waals surface area (Å²) in [7, 11) is 0. The fourth-order valence-corrected chi connectivity index (χ4v) is 5.94. The lowest BCUT2D eigenvalue weighted by molar-refractivity contribution is -0.133. The third-order valence-corrected chi connectivity index (χ3v) is 8.55. The summed E-state index contributed by atoms with van der Waals surface area (Å²) >= 11 is 0. The SMILES string of the molecule is Cc1cc(OCC[C@@H](C)C2CCN(c3nc(C(C)C)no3)CC2)ccc1[C@H](NC(=O)OC(C)(C)C)C(=O)N1CCC[C@H]1C#N. The normalized spacial score (nSPS) is 19.0. The van der Waals surface area contributed by atoms with E-state index in [9.17, 15) is 14.9 Å². The van der Waals surface area contributed by atoms with E-state index < -0.39 is 23.8 Å². The highest BCUT2D eigenvalue weighted by Crippen LogP contribution is 2.31. The number of alkyl carbamates (subject to hydrolysis) is 1. The summed E-state index contributed by atoms with van der Waals surface area (Å²) in [6.07, 6.45) is 3.76. The van der Waals surface area contributed by atoms with Crippen LogP contribution in [0.5, 0.6) is 5.75 Å². The molecule has 1 aromatic heterocycles. The molecule has 3 heterocycles. The molecule has 44 heavy (non-hydrogen) atoms. The number of piperidine rings is 1. The van der Waals surface area contributed by atoms with Crippen LogP contribution in [0.25, 0.3) is 0 Å². The Balaban J connectivity index is 1.33. The van der Waals surface area contributed by atoms with Gasteiger partial charge in [-0.1, -0.05) is 32.0 Å². The zero-order valence-corrected chi connectivity index (χ0v) is 27.3. The second-order valence-corrected chi connectivity index (χ2v) is 13.4. The fraction of sp³-hybridized carbons (Fsp3) is 0.667. The van der Waals surface area contributed by atoms with Gasteiger partial charge < -0.3 is 29.1 Å². The van der Waals surface area contributed by atoms with E-state index in [1.807, 2.05) is 25.1 Å². The molecule has 11 nitrogen and oxygen atoms in total. The Labute approximate surface area is 261 Å². The first-order valence-electron chi connectivity index (χ1n) is 15.9. The van der Waals surface area contributed by atoms with E-state index in [0.717, 1.165) is 50.2 Å². The lowest BCUT2D eigenvalue weighted by atomic mass is 9.84. The van der Waals surface area contributed by atoms with Crippen molar-refractivity contribution in [1.29, 1.82) is 5.26 Å². The van der Waals surface area contributed by atoms with Crippen LogP contribution in [0.2, 0.25) is 0 Å². The van der Waals surface area contributed by atoms with Crippen molar-refractivity contribution in [2.45, 2.75) is 104 Å². The number of nitrogens with one attached hydrogen (secondary N) is 1. The molecule has 1 aromatic carbocycles. The third kappa shape index (κ3) is 8.42. The number of carbonyl (C=O) groups is 2. The number of amides is 2. The molecule has 2 aromatic rings. The smallest absolute Gasteiger partial charge is 0.408 e. The Morgan fingerprint density at radius 2 is 1.89 bits per heavy atom. The lowest BCUT2D eigenvalue weighted by Crippen LogP contribution is -2.46. The van der Waals surface area contributed by atoms with Crippen LogP contribution in [0.3, 0.4) is 0 Å². The van der Waals surface area contributed by atoms with Crippen LogP contribution in [0.4, 0.5) is 10.8 Å². The highest BCUT2D eigenvalue weighted by Gasteiger charge is 2.36. The van der Waals surface area contributed by atoms with Gasteiger partial charge in [-0.2, -0.15) is 10.2 Å². The summed E-state index contributed by atoms with van der Waals surface area (Å²) < 4.78 is 17.1. The van der Waals surface area contributed by atoms with Crippen molar-refractivity contribution in [3.05, 3.63) is 35.2 Å². The van der Waals surface area contributed by atoms with Crippen molar-refractivity contribution >= 4 is 18.0 Å². The molecule has 0 aliphatic carbocycles. The van der Waals surface area contributed by atoms with Crippen molar-refractivity contribution in [3.8, 4) is 11.8 Å². The van der Waals surface area contributed by atoms with Crippen LogP contribution in [0.15, 0.2) is 22.7 Å². The van der Waals surface area contributed by atoms with E-state index in [4.69, 9.17) is 14.0 Å². The van der Waals surface area contributed by atoms with Gasteiger partial charge in [-0.25, -0.2) is 4.79 Å². The van der Waals surface area contributed by atoms with Crippen LogP contribution in [0.1, 0.15) is 103 Å². The monoisotopic (exact) mass is 608 g/mol. The van der Waals surface area contributed by atoms with Crippen LogP contribution in [0, 0.1) is 30.1 Å². The molecule has 0 unspecified atom stereocenters. The molecule has 4 rings (SSSR count). The molecule has 2 fully saturated rings. The van der Waals surface area contributed by atoms with Crippen LogP contribution < -0.4 is 15.0 Å². The number of aromatic nitrogens is 2. The van der Waals surface area contributed by atoms with Crippen LogP contribution in [-0.4, -0.2) is 64.9 Å². The molecular weight excluding hydrogens is 560 g/mol. The van der Waals surface area contributed by atoms with Gasteiger partial charge in [0.15, 0.2) is 5.82 Å². The molecule has 0 spiro atoms. The Hall–Kier alpha value is -3.81. The summed E-state index contributed by atoms with van der Waals surface area (Å²) in [5.41, 5.74) is 0.748. The first-order chi connectivity index (χ1) is 20.9. The first kappa shape index (κ1) is 33.1. The quantitative estimate of drug-likeness (QED) is 0.350. The Morgan fingerprint density at radius 1 is 1.16 bits per heavy atom. The molecule has 1 N–H and O–H groups in total. The largest absolute Gasteiger partial charge is 0.494 e. The number of aryl methyl sites for hydroxylation is 1. The molecule has 2 saturated heterocycles. The third-order valence-electron chi connectivity index (χ3n) is 8.55. The number of hydrogen-bond acceptors (Lipinski definition) is 9. The number of likely N-dealkylation sites (tertiary alicyclic amines) is 1. The maximum atomic E-state index is 13.6. The van der Waals surface area contributed by atoms with Gasteiger partial charge in [-0.05, 0) is 94.9 Å². The number of carbonyl (C=O) groups excluding carboxylic acids is 2. The van der Waals surface area contributed by atoms with E-state index >= 15 is 0 Å². The van der Waals surface area contributed by atoms with Gasteiger partial charge in [-0.3, -0.25) is 4.79 Å². The minimum absolute atomic E-state index is 0.245. The fourth-order valence-electron chi connectivity index (χ4n) is 5.94. The van der Waals surface area contributed by atoms with Gasteiger partial charge in [0.25, 0.3) is 5.91 Å². The highest BCUT2D eigenvalue weighted by atomic mass is 16.6. The average molecular weight is 609 g/mol. The van der Waals surface area contributed by atoms with E-state index in [2.05, 4.69) is 47.2 Å². The molecule has 0 saturated carbocycles. The summed E-state index contributed by atoms with van der Waals surface area (Å²) in [5.74, 6) is 2.49. The minimum Gasteiger partial charge on any atom is -0.494 e. The average Bonchev–Trinajstić information content (AvgIpc) is 3.65. The Kier molecular flexibility index (Phi) is 10.8. The van der Waals surface area contributed by atoms with Gasteiger partial charge in [0.1, 0.15) is 23.4 Å². The molecule has 2 aliphatic heterocycles. The lowest BCUT2D eigenvalue weighted by Gasteiger charge is -2.33. The molecule has 0 bridgehead atoms. The predicted octanol–water partition coefficient (Wildman–Crippen LogP) is 5.90. The number of nitriles is 1. The van der Waals surface area contributed by atoms with Gasteiger partial charge in [0.2, 0.25) is 0 Å². The standard InChI is InChI=1S/C33H48N6O5/c1-21(2)29-36-31(44-37-29)38-16-12-24(13-17-38)22(3)14-18-42-26-10-11-27(23(4)19-26)28(35-32(41)43-33(5,6)7)30(40)39-15-8-9-25(39)20-34/h10-11,19,21-22,24-25,28H,8-9,12-18H2,1-7H3,(H,35,41)/t22-,25+,28+/m1/s1.